The molecule has 6 nitrogen and oxygen atoms in total. The van der Waals surface area contributed by atoms with Crippen LogP contribution in [0.2, 0.25) is 0 Å². The Bertz CT molecular complexity index is 707. The van der Waals surface area contributed by atoms with Crippen LogP contribution in [0.5, 0.6) is 17.2 Å². The lowest BCUT2D eigenvalue weighted by molar-refractivity contribution is -0.130. The van der Waals surface area contributed by atoms with Gasteiger partial charge in [0.1, 0.15) is 0 Å². The molecular formula is C20H25NO5. The number of methoxy groups -OCH3 is 3. The Morgan fingerprint density at radius 2 is 1.62 bits per heavy atom. The Labute approximate surface area is 153 Å². The van der Waals surface area contributed by atoms with Crippen LogP contribution in [0.25, 0.3) is 0 Å². The molecule has 0 fully saturated rings. The molecule has 2 aromatic rings. The molecule has 0 aliphatic carbocycles. The molecule has 0 bridgehead atoms. The number of aliphatic hydroxyl groups excluding tert-OH is 1. The van der Waals surface area contributed by atoms with Gasteiger partial charge in [0.25, 0.3) is 0 Å². The third-order valence-corrected chi connectivity index (χ3v) is 4.14. The summed E-state index contributed by atoms with van der Waals surface area (Å²) >= 11 is 0. The van der Waals surface area contributed by atoms with Crippen molar-refractivity contribution in [3.63, 3.8) is 0 Å². The minimum atomic E-state index is -0.731. The van der Waals surface area contributed by atoms with Crippen LogP contribution >= 0.6 is 0 Å². The lowest BCUT2D eigenvalue weighted by Crippen LogP contribution is -2.32. The van der Waals surface area contributed by atoms with Gasteiger partial charge in [-0.3, -0.25) is 4.79 Å². The number of likely N-dealkylation sites (N-methyl/N-ethyl adjacent to an activating group) is 1. The highest BCUT2D eigenvalue weighted by Gasteiger charge is 2.18. The average Bonchev–Trinajstić information content (AvgIpc) is 2.67. The summed E-state index contributed by atoms with van der Waals surface area (Å²) in [6.45, 7) is 0.216. The summed E-state index contributed by atoms with van der Waals surface area (Å²) < 4.78 is 15.9. The molecule has 1 atom stereocenters. The predicted octanol–water partition coefficient (Wildman–Crippen LogP) is 2.45. The van der Waals surface area contributed by atoms with E-state index < -0.39 is 6.10 Å². The summed E-state index contributed by atoms with van der Waals surface area (Å²) in [5, 5.41) is 10.3. The normalized spacial score (nSPS) is 11.6. The van der Waals surface area contributed by atoms with Crippen molar-refractivity contribution >= 4 is 5.91 Å². The highest BCUT2D eigenvalue weighted by molar-refractivity contribution is 5.79. The number of aliphatic hydroxyl groups is 1. The molecule has 0 heterocycles. The SMILES string of the molecule is COc1cc(CC(=O)N(C)C[C@@H](O)c2ccccc2)cc(OC)c1OC. The molecule has 140 valence electrons. The van der Waals surface area contributed by atoms with Crippen LogP contribution in [0.4, 0.5) is 0 Å². The maximum absolute atomic E-state index is 12.5. The van der Waals surface area contributed by atoms with Crippen LogP contribution in [0.1, 0.15) is 17.2 Å². The Morgan fingerprint density at radius 1 is 1.04 bits per heavy atom. The van der Waals surface area contributed by atoms with E-state index in [-0.39, 0.29) is 18.9 Å². The van der Waals surface area contributed by atoms with E-state index in [0.717, 1.165) is 11.1 Å². The Kier molecular flexibility index (Phi) is 6.86. The van der Waals surface area contributed by atoms with E-state index >= 15 is 0 Å². The Balaban J connectivity index is 2.09. The molecule has 2 aromatic carbocycles. The fourth-order valence-electron chi connectivity index (χ4n) is 2.69. The molecule has 26 heavy (non-hydrogen) atoms. The zero-order valence-electron chi connectivity index (χ0n) is 15.6. The number of rotatable bonds is 8. The number of hydrogen-bond donors (Lipinski definition) is 1. The van der Waals surface area contributed by atoms with Gasteiger partial charge in [-0.2, -0.15) is 0 Å². The molecule has 6 heteroatoms. The van der Waals surface area contributed by atoms with E-state index in [1.54, 1.807) is 19.2 Å². The first-order valence-corrected chi connectivity index (χ1v) is 8.26. The van der Waals surface area contributed by atoms with Crippen molar-refractivity contribution in [3.05, 3.63) is 53.6 Å². The topological polar surface area (TPSA) is 68.2 Å². The number of benzene rings is 2. The molecular weight excluding hydrogens is 334 g/mol. The van der Waals surface area contributed by atoms with Gasteiger partial charge in [-0.15, -0.1) is 0 Å². The van der Waals surface area contributed by atoms with Crippen molar-refractivity contribution in [2.24, 2.45) is 0 Å². The number of carbonyl (C=O) groups excluding carboxylic acids is 1. The first-order chi connectivity index (χ1) is 12.5. The van der Waals surface area contributed by atoms with E-state index in [2.05, 4.69) is 0 Å². The third-order valence-electron chi connectivity index (χ3n) is 4.14. The van der Waals surface area contributed by atoms with Crippen LogP contribution < -0.4 is 14.2 Å². The van der Waals surface area contributed by atoms with E-state index in [9.17, 15) is 9.90 Å². The Morgan fingerprint density at radius 3 is 2.12 bits per heavy atom. The standard InChI is InChI=1S/C20H25NO5/c1-21(13-16(22)15-8-6-5-7-9-15)19(23)12-14-10-17(24-2)20(26-4)18(11-14)25-3/h5-11,16,22H,12-13H2,1-4H3/t16-/m1/s1. The summed E-state index contributed by atoms with van der Waals surface area (Å²) in [6.07, 6.45) is -0.570. The quantitative estimate of drug-likeness (QED) is 0.784. The zero-order chi connectivity index (χ0) is 19.1. The fraction of sp³-hybridized carbons (Fsp3) is 0.350. The monoisotopic (exact) mass is 359 g/mol. The predicted molar refractivity (Wildman–Crippen MR) is 98.8 cm³/mol. The Hall–Kier alpha value is -2.73. The van der Waals surface area contributed by atoms with Gasteiger partial charge in [0.15, 0.2) is 11.5 Å². The molecule has 0 radical (unpaired) electrons. The molecule has 0 aliphatic rings. The highest BCUT2D eigenvalue weighted by atomic mass is 16.5. The largest absolute Gasteiger partial charge is 0.493 e. The second-order valence-electron chi connectivity index (χ2n) is 5.91. The molecule has 2 rings (SSSR count). The average molecular weight is 359 g/mol. The molecule has 0 unspecified atom stereocenters. The lowest BCUT2D eigenvalue weighted by Gasteiger charge is -2.21. The van der Waals surface area contributed by atoms with Crippen molar-refractivity contribution < 1.29 is 24.1 Å². The molecule has 0 spiro atoms. The number of hydrogen-bond acceptors (Lipinski definition) is 5. The fourth-order valence-corrected chi connectivity index (χ4v) is 2.69. The second kappa shape index (κ2) is 9.10. The smallest absolute Gasteiger partial charge is 0.226 e. The van der Waals surface area contributed by atoms with Crippen LogP contribution in [0, 0.1) is 0 Å². The molecule has 0 saturated carbocycles. The van der Waals surface area contributed by atoms with Crippen LogP contribution in [0.3, 0.4) is 0 Å². The molecule has 1 N–H and O–H groups in total. The van der Waals surface area contributed by atoms with Gasteiger partial charge in [0, 0.05) is 7.05 Å². The number of nitrogens with zero attached hydrogens (tertiary/aromatic N) is 1. The van der Waals surface area contributed by atoms with Gasteiger partial charge in [-0.05, 0) is 23.3 Å². The molecule has 0 saturated heterocycles. The number of amides is 1. The first-order valence-electron chi connectivity index (χ1n) is 8.26. The number of carbonyl (C=O) groups is 1. The van der Waals surface area contributed by atoms with Crippen molar-refractivity contribution in [1.29, 1.82) is 0 Å². The maximum atomic E-state index is 12.5. The summed E-state index contributed by atoms with van der Waals surface area (Å²) in [5.41, 5.74) is 1.52. The zero-order valence-corrected chi connectivity index (χ0v) is 15.6. The van der Waals surface area contributed by atoms with Gasteiger partial charge in [0.2, 0.25) is 11.7 Å². The summed E-state index contributed by atoms with van der Waals surface area (Å²) in [6, 6.07) is 12.8. The van der Waals surface area contributed by atoms with Crippen molar-refractivity contribution in [2.75, 3.05) is 34.9 Å². The summed E-state index contributed by atoms with van der Waals surface area (Å²) in [5.74, 6) is 1.37. The second-order valence-corrected chi connectivity index (χ2v) is 5.91. The minimum Gasteiger partial charge on any atom is -0.493 e. The van der Waals surface area contributed by atoms with Crippen LogP contribution in [-0.4, -0.2) is 50.8 Å². The maximum Gasteiger partial charge on any atom is 0.226 e. The van der Waals surface area contributed by atoms with Crippen molar-refractivity contribution in [3.8, 4) is 17.2 Å². The van der Waals surface area contributed by atoms with Crippen LogP contribution in [-0.2, 0) is 11.2 Å². The first kappa shape index (κ1) is 19.6. The van der Waals surface area contributed by atoms with Crippen LogP contribution in [0.15, 0.2) is 42.5 Å². The molecule has 0 aliphatic heterocycles. The summed E-state index contributed by atoms with van der Waals surface area (Å²) in [7, 11) is 6.27. The lowest BCUT2D eigenvalue weighted by atomic mass is 10.1. The number of ether oxygens (including phenoxy) is 3. The van der Waals surface area contributed by atoms with Gasteiger partial charge in [0.05, 0.1) is 40.4 Å². The summed E-state index contributed by atoms with van der Waals surface area (Å²) in [4.78, 5) is 14.0. The van der Waals surface area contributed by atoms with E-state index in [4.69, 9.17) is 14.2 Å². The van der Waals surface area contributed by atoms with Gasteiger partial charge in [-0.1, -0.05) is 30.3 Å². The third kappa shape index (κ3) is 4.67. The van der Waals surface area contributed by atoms with Gasteiger partial charge >= 0.3 is 0 Å². The van der Waals surface area contributed by atoms with E-state index in [1.807, 2.05) is 30.3 Å². The minimum absolute atomic E-state index is 0.116. The van der Waals surface area contributed by atoms with E-state index in [0.29, 0.717) is 17.2 Å². The molecule has 0 aromatic heterocycles. The van der Waals surface area contributed by atoms with Crippen molar-refractivity contribution in [2.45, 2.75) is 12.5 Å². The van der Waals surface area contributed by atoms with E-state index in [1.165, 1.54) is 26.2 Å². The molecule has 1 amide bonds. The van der Waals surface area contributed by atoms with Gasteiger partial charge in [-0.25, -0.2) is 0 Å². The van der Waals surface area contributed by atoms with Crippen molar-refractivity contribution in [1.82, 2.24) is 4.90 Å². The highest BCUT2D eigenvalue weighted by Crippen LogP contribution is 2.38. The van der Waals surface area contributed by atoms with Gasteiger partial charge < -0.3 is 24.2 Å².